The third-order valence-corrected chi connectivity index (χ3v) is 6.08. The van der Waals surface area contributed by atoms with Crippen LogP contribution >= 0.6 is 11.8 Å². The monoisotopic (exact) mass is 432 g/mol. The van der Waals surface area contributed by atoms with E-state index in [4.69, 9.17) is 0 Å². The molecular formula is C25H21FN2O2S. The fourth-order valence-corrected chi connectivity index (χ4v) is 4.46. The van der Waals surface area contributed by atoms with Gasteiger partial charge in [-0.15, -0.1) is 0 Å². The Labute approximate surface area is 184 Å². The van der Waals surface area contributed by atoms with E-state index in [1.165, 1.54) is 28.8 Å². The van der Waals surface area contributed by atoms with Gasteiger partial charge in [0, 0.05) is 10.5 Å². The molecular weight excluding hydrogens is 411 g/mol. The fraction of sp³-hybridized carbons (Fsp3) is 0.120. The van der Waals surface area contributed by atoms with Crippen molar-refractivity contribution in [3.05, 3.63) is 101 Å². The number of hydrogen-bond acceptors (Lipinski definition) is 3. The molecule has 3 aromatic rings. The van der Waals surface area contributed by atoms with Crippen LogP contribution in [0.3, 0.4) is 0 Å². The maximum Gasteiger partial charge on any atom is 0.265 e. The summed E-state index contributed by atoms with van der Waals surface area (Å²) in [5.74, 6) is -0.991. The van der Waals surface area contributed by atoms with Gasteiger partial charge < -0.3 is 5.32 Å². The van der Waals surface area contributed by atoms with Gasteiger partial charge in [0.25, 0.3) is 5.91 Å². The molecule has 0 fully saturated rings. The standard InChI is InChI=1S/C25H21FN2O2S/c1-17(18-9-3-2-4-10-18)27-24(29)16-28-21-13-7-8-14-22(21)31-23(25(28)30)15-19-11-5-6-12-20(19)26/h2-15,17H,16H2,1H3,(H,27,29)/b23-15-. The number of benzene rings is 3. The van der Waals surface area contributed by atoms with Gasteiger partial charge in [0.2, 0.25) is 5.91 Å². The number of amides is 2. The average Bonchev–Trinajstić information content (AvgIpc) is 2.78. The Morgan fingerprint density at radius 3 is 2.48 bits per heavy atom. The SMILES string of the molecule is CC(NC(=O)CN1C(=O)/C(=C/c2ccccc2F)Sc2ccccc21)c1ccccc1. The first kappa shape index (κ1) is 20.9. The normalized spacial score (nSPS) is 15.5. The second-order valence-electron chi connectivity index (χ2n) is 7.19. The highest BCUT2D eigenvalue weighted by molar-refractivity contribution is 8.04. The van der Waals surface area contributed by atoms with Crippen LogP contribution in [0.4, 0.5) is 10.1 Å². The molecule has 31 heavy (non-hydrogen) atoms. The maximum absolute atomic E-state index is 14.1. The maximum atomic E-state index is 14.1. The van der Waals surface area contributed by atoms with Crippen molar-refractivity contribution < 1.29 is 14.0 Å². The van der Waals surface area contributed by atoms with Crippen LogP contribution in [-0.4, -0.2) is 18.4 Å². The molecule has 6 heteroatoms. The highest BCUT2D eigenvalue weighted by atomic mass is 32.2. The summed E-state index contributed by atoms with van der Waals surface area (Å²) >= 11 is 1.28. The van der Waals surface area contributed by atoms with Crippen molar-refractivity contribution in [1.29, 1.82) is 0 Å². The zero-order valence-corrected chi connectivity index (χ0v) is 17.7. The van der Waals surface area contributed by atoms with Crippen molar-refractivity contribution in [2.45, 2.75) is 17.9 Å². The molecule has 1 aliphatic heterocycles. The number of halogens is 1. The summed E-state index contributed by atoms with van der Waals surface area (Å²) in [6.07, 6.45) is 1.54. The van der Waals surface area contributed by atoms with Crippen molar-refractivity contribution in [3.63, 3.8) is 0 Å². The third kappa shape index (κ3) is 4.70. The molecule has 0 saturated heterocycles. The molecule has 0 saturated carbocycles. The van der Waals surface area contributed by atoms with Crippen LogP contribution in [0.5, 0.6) is 0 Å². The van der Waals surface area contributed by atoms with Crippen LogP contribution in [0.25, 0.3) is 6.08 Å². The van der Waals surface area contributed by atoms with Crippen LogP contribution < -0.4 is 10.2 Å². The molecule has 1 atom stereocenters. The van der Waals surface area contributed by atoms with Crippen LogP contribution in [-0.2, 0) is 9.59 Å². The Morgan fingerprint density at radius 2 is 1.71 bits per heavy atom. The van der Waals surface area contributed by atoms with E-state index < -0.39 is 5.82 Å². The van der Waals surface area contributed by atoms with Crippen LogP contribution in [0.2, 0.25) is 0 Å². The molecule has 1 unspecified atom stereocenters. The van der Waals surface area contributed by atoms with Crippen molar-refractivity contribution in [2.75, 3.05) is 11.4 Å². The summed E-state index contributed by atoms with van der Waals surface area (Å²) < 4.78 is 14.1. The van der Waals surface area contributed by atoms with Gasteiger partial charge in [-0.3, -0.25) is 14.5 Å². The molecule has 156 valence electrons. The number of hydrogen-bond donors (Lipinski definition) is 1. The van der Waals surface area contributed by atoms with E-state index in [-0.39, 0.29) is 24.4 Å². The molecule has 0 aromatic heterocycles. The predicted molar refractivity (Wildman–Crippen MR) is 122 cm³/mol. The van der Waals surface area contributed by atoms with E-state index in [0.29, 0.717) is 16.2 Å². The molecule has 0 radical (unpaired) electrons. The molecule has 3 aromatic carbocycles. The molecule has 1 aliphatic rings. The smallest absolute Gasteiger partial charge is 0.265 e. The minimum atomic E-state index is -0.400. The first-order valence-electron chi connectivity index (χ1n) is 9.92. The van der Waals surface area contributed by atoms with E-state index >= 15 is 0 Å². The van der Waals surface area contributed by atoms with Crippen LogP contribution in [0.15, 0.2) is 88.7 Å². The molecule has 0 bridgehead atoms. The van der Waals surface area contributed by atoms with E-state index in [1.807, 2.05) is 61.5 Å². The number of nitrogens with one attached hydrogen (secondary N) is 1. The lowest BCUT2D eigenvalue weighted by Crippen LogP contribution is -2.43. The van der Waals surface area contributed by atoms with E-state index in [1.54, 1.807) is 18.2 Å². The predicted octanol–water partition coefficient (Wildman–Crippen LogP) is 5.18. The number of fused-ring (bicyclic) bond motifs is 1. The summed E-state index contributed by atoms with van der Waals surface area (Å²) in [5.41, 5.74) is 1.99. The summed E-state index contributed by atoms with van der Waals surface area (Å²) in [7, 11) is 0. The van der Waals surface area contributed by atoms with Crippen molar-refractivity contribution in [3.8, 4) is 0 Å². The number of thioether (sulfide) groups is 1. The van der Waals surface area contributed by atoms with Crippen molar-refractivity contribution in [2.24, 2.45) is 0 Å². The minimum Gasteiger partial charge on any atom is -0.348 e. The average molecular weight is 433 g/mol. The van der Waals surface area contributed by atoms with E-state index in [0.717, 1.165) is 10.5 Å². The molecule has 1 N–H and O–H groups in total. The summed E-state index contributed by atoms with van der Waals surface area (Å²) in [4.78, 5) is 28.7. The van der Waals surface area contributed by atoms with E-state index in [9.17, 15) is 14.0 Å². The second-order valence-corrected chi connectivity index (χ2v) is 8.27. The van der Waals surface area contributed by atoms with Crippen molar-refractivity contribution in [1.82, 2.24) is 5.32 Å². The lowest BCUT2D eigenvalue weighted by atomic mass is 10.1. The molecule has 4 rings (SSSR count). The van der Waals surface area contributed by atoms with Crippen LogP contribution in [0, 0.1) is 5.82 Å². The highest BCUT2D eigenvalue weighted by Gasteiger charge is 2.30. The highest BCUT2D eigenvalue weighted by Crippen LogP contribution is 2.42. The Balaban J connectivity index is 1.59. The fourth-order valence-electron chi connectivity index (χ4n) is 3.41. The van der Waals surface area contributed by atoms with Gasteiger partial charge in [-0.05, 0) is 36.8 Å². The van der Waals surface area contributed by atoms with Gasteiger partial charge in [-0.1, -0.05) is 72.4 Å². The largest absolute Gasteiger partial charge is 0.348 e. The second kappa shape index (κ2) is 9.18. The van der Waals surface area contributed by atoms with Crippen LogP contribution in [0.1, 0.15) is 24.1 Å². The number of para-hydroxylation sites is 1. The quantitative estimate of drug-likeness (QED) is 0.565. The lowest BCUT2D eigenvalue weighted by Gasteiger charge is -2.30. The molecule has 0 spiro atoms. The van der Waals surface area contributed by atoms with Gasteiger partial charge >= 0.3 is 0 Å². The molecule has 0 aliphatic carbocycles. The zero-order valence-electron chi connectivity index (χ0n) is 16.9. The number of carbonyl (C=O) groups is 2. The van der Waals surface area contributed by atoms with Gasteiger partial charge in [-0.2, -0.15) is 0 Å². The Kier molecular flexibility index (Phi) is 6.18. The zero-order chi connectivity index (χ0) is 21.8. The first-order valence-corrected chi connectivity index (χ1v) is 10.7. The van der Waals surface area contributed by atoms with Gasteiger partial charge in [0.15, 0.2) is 0 Å². The van der Waals surface area contributed by atoms with Gasteiger partial charge in [0.05, 0.1) is 16.6 Å². The van der Waals surface area contributed by atoms with Gasteiger partial charge in [-0.25, -0.2) is 4.39 Å². The van der Waals surface area contributed by atoms with E-state index in [2.05, 4.69) is 5.32 Å². The molecule has 1 heterocycles. The number of nitrogens with zero attached hydrogens (tertiary/aromatic N) is 1. The summed E-state index contributed by atoms with van der Waals surface area (Å²) in [6.45, 7) is 1.78. The molecule has 4 nitrogen and oxygen atoms in total. The number of rotatable bonds is 5. The van der Waals surface area contributed by atoms with Gasteiger partial charge in [0.1, 0.15) is 12.4 Å². The molecule has 2 amide bonds. The lowest BCUT2D eigenvalue weighted by molar-refractivity contribution is -0.122. The Hall–Kier alpha value is -3.38. The summed E-state index contributed by atoms with van der Waals surface area (Å²) in [6, 6.07) is 23.2. The number of carbonyl (C=O) groups excluding carboxylic acids is 2. The van der Waals surface area contributed by atoms with Crippen molar-refractivity contribution >= 4 is 35.3 Å². The number of anilines is 1. The first-order chi connectivity index (χ1) is 15.0. The topological polar surface area (TPSA) is 49.4 Å². The third-order valence-electron chi connectivity index (χ3n) is 5.00. The summed E-state index contributed by atoms with van der Waals surface area (Å²) in [5, 5.41) is 2.95. The Morgan fingerprint density at radius 1 is 1.03 bits per heavy atom. The minimum absolute atomic E-state index is 0.123. The Bertz CT molecular complexity index is 1150.